The summed E-state index contributed by atoms with van der Waals surface area (Å²) in [5.74, 6) is 0. The van der Waals surface area contributed by atoms with E-state index in [4.69, 9.17) is 14.3 Å². The van der Waals surface area contributed by atoms with E-state index in [1.165, 1.54) is 0 Å². The van der Waals surface area contributed by atoms with Gasteiger partial charge < -0.3 is 4.55 Å². The molecule has 3 nitrogen and oxygen atoms in total. The molecule has 2 rings (SSSR count). The molecule has 1 aromatic carbocycles. The predicted octanol–water partition coefficient (Wildman–Crippen LogP) is 2.21. The van der Waals surface area contributed by atoms with Crippen LogP contribution in [0.3, 0.4) is 0 Å². The lowest BCUT2D eigenvalue weighted by atomic mass is 10.1. The van der Waals surface area contributed by atoms with Gasteiger partial charge in [-0.1, -0.05) is 12.1 Å². The predicted molar refractivity (Wildman–Crippen MR) is 44.5 cm³/mol. The Kier molecular flexibility index (Phi) is 2.32. The topological polar surface area (TPSA) is 38.7 Å². The molecule has 4 heteroatoms. The second-order valence-corrected chi connectivity index (χ2v) is 3.13. The van der Waals surface area contributed by atoms with Gasteiger partial charge in [0.1, 0.15) is 13.2 Å². The van der Waals surface area contributed by atoms with Crippen molar-refractivity contribution in [2.45, 2.75) is 18.1 Å². The second-order valence-electron chi connectivity index (χ2n) is 2.51. The molecule has 1 N–H and O–H groups in total. The van der Waals surface area contributed by atoms with Crippen LogP contribution in [0.5, 0.6) is 0 Å². The van der Waals surface area contributed by atoms with E-state index in [2.05, 4.69) is 0 Å². The summed E-state index contributed by atoms with van der Waals surface area (Å²) in [5, 5.41) is 0. The minimum Gasteiger partial charge on any atom is -0.325 e. The van der Waals surface area contributed by atoms with Crippen LogP contribution in [0.4, 0.5) is 0 Å². The zero-order valence-electron chi connectivity index (χ0n) is 6.32. The molecule has 12 heavy (non-hydrogen) atoms. The molecule has 1 aliphatic heterocycles. The first kappa shape index (κ1) is 8.07. The molecule has 0 unspecified atom stereocenters. The lowest BCUT2D eigenvalue weighted by molar-refractivity contribution is -0.322. The van der Waals surface area contributed by atoms with Gasteiger partial charge in [-0.3, -0.25) is 0 Å². The van der Waals surface area contributed by atoms with Crippen LogP contribution in [-0.4, -0.2) is 4.55 Å². The average molecular weight is 184 g/mol. The highest BCUT2D eigenvalue weighted by molar-refractivity contribution is 7.93. The van der Waals surface area contributed by atoms with Crippen molar-refractivity contribution in [3.63, 3.8) is 0 Å². The standard InChI is InChI=1S/C8H8O3S/c9-12-8-3-1-2-6-4-10-11-5-7(6)8/h1-3,9H,4-5H2. The van der Waals surface area contributed by atoms with Gasteiger partial charge in [-0.2, -0.15) is 0 Å². The molecule has 0 atom stereocenters. The van der Waals surface area contributed by atoms with Crippen LogP contribution in [0.1, 0.15) is 11.1 Å². The summed E-state index contributed by atoms with van der Waals surface area (Å²) >= 11 is 0.748. The fourth-order valence-electron chi connectivity index (χ4n) is 1.20. The number of benzene rings is 1. The Labute approximate surface area is 74.4 Å². The van der Waals surface area contributed by atoms with Crippen molar-refractivity contribution in [2.24, 2.45) is 0 Å². The quantitative estimate of drug-likeness (QED) is 0.536. The van der Waals surface area contributed by atoms with E-state index in [-0.39, 0.29) is 0 Å². The van der Waals surface area contributed by atoms with Crippen LogP contribution < -0.4 is 0 Å². The molecule has 1 heterocycles. The third kappa shape index (κ3) is 1.34. The molecular weight excluding hydrogens is 176 g/mol. The highest BCUT2D eigenvalue weighted by Gasteiger charge is 2.13. The van der Waals surface area contributed by atoms with Crippen molar-refractivity contribution in [3.05, 3.63) is 29.3 Å². The van der Waals surface area contributed by atoms with Gasteiger partial charge in [0.05, 0.1) is 0 Å². The van der Waals surface area contributed by atoms with Gasteiger partial charge in [-0.05, 0) is 11.6 Å². The molecule has 0 amide bonds. The summed E-state index contributed by atoms with van der Waals surface area (Å²) in [7, 11) is 0. The van der Waals surface area contributed by atoms with Gasteiger partial charge in [-0.15, -0.1) is 0 Å². The van der Waals surface area contributed by atoms with Crippen molar-refractivity contribution >= 4 is 12.0 Å². The van der Waals surface area contributed by atoms with Crippen molar-refractivity contribution in [2.75, 3.05) is 0 Å². The van der Waals surface area contributed by atoms with Crippen LogP contribution in [0, 0.1) is 0 Å². The molecule has 64 valence electrons. The number of hydrogen-bond acceptors (Lipinski definition) is 4. The smallest absolute Gasteiger partial charge is 0.109 e. The van der Waals surface area contributed by atoms with Crippen molar-refractivity contribution in [3.8, 4) is 0 Å². The van der Waals surface area contributed by atoms with Gasteiger partial charge >= 0.3 is 0 Å². The monoisotopic (exact) mass is 184 g/mol. The molecule has 0 saturated carbocycles. The highest BCUT2D eigenvalue weighted by atomic mass is 32.2. The van der Waals surface area contributed by atoms with Gasteiger partial charge in [0.2, 0.25) is 0 Å². The summed E-state index contributed by atoms with van der Waals surface area (Å²) in [6.45, 7) is 0.878. The SMILES string of the molecule is OSc1cccc2c1COOC2. The van der Waals surface area contributed by atoms with Crippen molar-refractivity contribution < 1.29 is 14.3 Å². The molecular formula is C8H8O3S. The summed E-state index contributed by atoms with van der Waals surface area (Å²) in [4.78, 5) is 10.5. The zero-order chi connectivity index (χ0) is 8.39. The molecule has 0 spiro atoms. The lowest BCUT2D eigenvalue weighted by Crippen LogP contribution is -2.08. The normalized spacial score (nSPS) is 15.8. The first-order valence-electron chi connectivity index (χ1n) is 3.58. The Morgan fingerprint density at radius 3 is 2.92 bits per heavy atom. The second kappa shape index (κ2) is 3.45. The Hall–Kier alpha value is -0.550. The van der Waals surface area contributed by atoms with E-state index in [1.807, 2.05) is 18.2 Å². The summed E-state index contributed by atoms with van der Waals surface area (Å²) in [6.07, 6.45) is 0. The minimum atomic E-state index is 0.416. The number of hydrogen-bond donors (Lipinski definition) is 1. The summed E-state index contributed by atoms with van der Waals surface area (Å²) in [5.41, 5.74) is 2.11. The maximum absolute atomic E-state index is 8.91. The Morgan fingerprint density at radius 2 is 2.08 bits per heavy atom. The van der Waals surface area contributed by atoms with E-state index in [0.29, 0.717) is 13.2 Å². The van der Waals surface area contributed by atoms with E-state index < -0.39 is 0 Å². The van der Waals surface area contributed by atoms with E-state index in [0.717, 1.165) is 28.1 Å². The Bertz CT molecular complexity index is 273. The molecule has 0 aliphatic carbocycles. The molecule has 1 aromatic rings. The van der Waals surface area contributed by atoms with Crippen molar-refractivity contribution in [1.82, 2.24) is 0 Å². The van der Waals surface area contributed by atoms with Crippen LogP contribution in [0.2, 0.25) is 0 Å². The first-order valence-corrected chi connectivity index (χ1v) is 4.36. The minimum absolute atomic E-state index is 0.416. The number of fused-ring (bicyclic) bond motifs is 1. The average Bonchev–Trinajstić information content (AvgIpc) is 2.17. The van der Waals surface area contributed by atoms with Gasteiger partial charge in [-0.25, -0.2) is 9.78 Å². The fourth-order valence-corrected chi connectivity index (χ4v) is 1.64. The summed E-state index contributed by atoms with van der Waals surface area (Å²) in [6, 6.07) is 5.72. The van der Waals surface area contributed by atoms with Gasteiger partial charge in [0.25, 0.3) is 0 Å². The van der Waals surface area contributed by atoms with E-state index in [1.54, 1.807) is 0 Å². The van der Waals surface area contributed by atoms with Gasteiger partial charge in [0, 0.05) is 22.5 Å². The third-order valence-electron chi connectivity index (χ3n) is 1.83. The lowest BCUT2D eigenvalue weighted by Gasteiger charge is -2.16. The maximum Gasteiger partial charge on any atom is 0.109 e. The molecule has 0 aromatic heterocycles. The first-order chi connectivity index (χ1) is 5.92. The summed E-state index contributed by atoms with van der Waals surface area (Å²) < 4.78 is 8.91. The molecule has 0 saturated heterocycles. The van der Waals surface area contributed by atoms with Gasteiger partial charge in [0.15, 0.2) is 0 Å². The van der Waals surface area contributed by atoms with Crippen molar-refractivity contribution in [1.29, 1.82) is 0 Å². The molecule has 0 radical (unpaired) electrons. The molecule has 1 aliphatic rings. The number of rotatable bonds is 1. The van der Waals surface area contributed by atoms with E-state index in [9.17, 15) is 0 Å². The third-order valence-corrected chi connectivity index (χ3v) is 2.41. The molecule has 0 bridgehead atoms. The fraction of sp³-hybridized carbons (Fsp3) is 0.250. The van der Waals surface area contributed by atoms with Crippen LogP contribution in [0.25, 0.3) is 0 Å². The van der Waals surface area contributed by atoms with Crippen LogP contribution in [0.15, 0.2) is 23.1 Å². The Balaban J connectivity index is 2.44. The van der Waals surface area contributed by atoms with Crippen LogP contribution in [-0.2, 0) is 23.0 Å². The van der Waals surface area contributed by atoms with Crippen LogP contribution >= 0.6 is 12.0 Å². The Morgan fingerprint density at radius 1 is 1.25 bits per heavy atom. The van der Waals surface area contributed by atoms with E-state index >= 15 is 0 Å². The largest absolute Gasteiger partial charge is 0.325 e. The maximum atomic E-state index is 8.91. The zero-order valence-corrected chi connectivity index (χ0v) is 7.13. The highest BCUT2D eigenvalue weighted by Crippen LogP contribution is 2.27. The molecule has 0 fully saturated rings.